The number of amides is 2. The van der Waals surface area contributed by atoms with Gasteiger partial charge in [0.25, 0.3) is 11.8 Å². The SMILES string of the molecule is O=C(Nc1nccs1)c1cccc(NC(=O)c2ccccc2Br)c1. The van der Waals surface area contributed by atoms with E-state index < -0.39 is 0 Å². The third-order valence-corrected chi connectivity index (χ3v) is 4.53. The van der Waals surface area contributed by atoms with E-state index in [1.807, 2.05) is 6.07 Å². The van der Waals surface area contributed by atoms with Gasteiger partial charge in [-0.25, -0.2) is 4.98 Å². The molecule has 3 rings (SSSR count). The molecule has 0 bridgehead atoms. The highest BCUT2D eigenvalue weighted by atomic mass is 79.9. The molecule has 0 aliphatic heterocycles. The maximum Gasteiger partial charge on any atom is 0.257 e. The van der Waals surface area contributed by atoms with E-state index in [1.54, 1.807) is 54.0 Å². The van der Waals surface area contributed by atoms with Gasteiger partial charge in [0.15, 0.2) is 5.13 Å². The Labute approximate surface area is 150 Å². The first-order chi connectivity index (χ1) is 11.6. The highest BCUT2D eigenvalue weighted by Gasteiger charge is 2.12. The van der Waals surface area contributed by atoms with Gasteiger partial charge in [0.05, 0.1) is 5.56 Å². The van der Waals surface area contributed by atoms with Gasteiger partial charge in [-0.15, -0.1) is 11.3 Å². The van der Waals surface area contributed by atoms with Crippen LogP contribution >= 0.6 is 27.3 Å². The van der Waals surface area contributed by atoms with Gasteiger partial charge < -0.3 is 5.32 Å². The van der Waals surface area contributed by atoms with Gasteiger partial charge >= 0.3 is 0 Å². The van der Waals surface area contributed by atoms with Crippen LogP contribution in [0.3, 0.4) is 0 Å². The molecule has 5 nitrogen and oxygen atoms in total. The van der Waals surface area contributed by atoms with E-state index in [-0.39, 0.29) is 11.8 Å². The van der Waals surface area contributed by atoms with E-state index >= 15 is 0 Å². The molecule has 2 amide bonds. The van der Waals surface area contributed by atoms with Gasteiger partial charge in [-0.1, -0.05) is 18.2 Å². The third kappa shape index (κ3) is 3.87. The molecule has 3 aromatic rings. The number of nitrogens with one attached hydrogen (secondary N) is 2. The Bertz CT molecular complexity index is 881. The number of halogens is 1. The molecule has 2 aromatic carbocycles. The Morgan fingerprint density at radius 2 is 1.83 bits per heavy atom. The lowest BCUT2D eigenvalue weighted by molar-refractivity contribution is 0.101. The molecular weight excluding hydrogens is 390 g/mol. The Morgan fingerprint density at radius 3 is 2.58 bits per heavy atom. The zero-order valence-electron chi connectivity index (χ0n) is 12.3. The van der Waals surface area contributed by atoms with Crippen LogP contribution in [-0.4, -0.2) is 16.8 Å². The topological polar surface area (TPSA) is 71.1 Å². The summed E-state index contributed by atoms with van der Waals surface area (Å²) in [6.07, 6.45) is 1.62. The molecule has 24 heavy (non-hydrogen) atoms. The van der Waals surface area contributed by atoms with Crippen molar-refractivity contribution in [2.75, 3.05) is 10.6 Å². The molecule has 0 aliphatic rings. The van der Waals surface area contributed by atoms with Crippen LogP contribution < -0.4 is 10.6 Å². The average Bonchev–Trinajstić information content (AvgIpc) is 3.08. The summed E-state index contributed by atoms with van der Waals surface area (Å²) in [5.74, 6) is -0.526. The van der Waals surface area contributed by atoms with Crippen molar-refractivity contribution >= 4 is 49.9 Å². The van der Waals surface area contributed by atoms with E-state index in [4.69, 9.17) is 0 Å². The summed E-state index contributed by atoms with van der Waals surface area (Å²) < 4.78 is 0.708. The summed E-state index contributed by atoms with van der Waals surface area (Å²) >= 11 is 4.69. The molecule has 0 radical (unpaired) electrons. The zero-order valence-corrected chi connectivity index (χ0v) is 14.7. The summed E-state index contributed by atoms with van der Waals surface area (Å²) in [4.78, 5) is 28.5. The number of benzene rings is 2. The van der Waals surface area contributed by atoms with E-state index in [9.17, 15) is 9.59 Å². The van der Waals surface area contributed by atoms with Crippen molar-refractivity contribution in [2.45, 2.75) is 0 Å². The number of hydrogen-bond donors (Lipinski definition) is 2. The lowest BCUT2D eigenvalue weighted by Gasteiger charge is -2.08. The minimum Gasteiger partial charge on any atom is -0.322 e. The highest BCUT2D eigenvalue weighted by Crippen LogP contribution is 2.19. The van der Waals surface area contributed by atoms with Gasteiger partial charge in [-0.2, -0.15) is 0 Å². The number of rotatable bonds is 4. The van der Waals surface area contributed by atoms with Crippen LogP contribution in [-0.2, 0) is 0 Å². The minimum atomic E-state index is -0.276. The fourth-order valence-electron chi connectivity index (χ4n) is 2.04. The number of aromatic nitrogens is 1. The van der Waals surface area contributed by atoms with Gasteiger partial charge in [0.1, 0.15) is 0 Å². The second kappa shape index (κ2) is 7.37. The smallest absolute Gasteiger partial charge is 0.257 e. The lowest BCUT2D eigenvalue weighted by atomic mass is 10.1. The van der Waals surface area contributed by atoms with Crippen LogP contribution in [0.25, 0.3) is 0 Å². The fourth-order valence-corrected chi connectivity index (χ4v) is 3.03. The maximum atomic E-state index is 12.3. The molecule has 1 heterocycles. The maximum absolute atomic E-state index is 12.3. The molecule has 0 spiro atoms. The van der Waals surface area contributed by atoms with E-state index in [1.165, 1.54) is 11.3 Å². The van der Waals surface area contributed by atoms with Crippen LogP contribution in [0, 0.1) is 0 Å². The molecule has 0 saturated carbocycles. The number of hydrogen-bond acceptors (Lipinski definition) is 4. The molecule has 0 fully saturated rings. The first-order valence-electron chi connectivity index (χ1n) is 7.00. The Kier molecular flexibility index (Phi) is 5.02. The molecule has 0 atom stereocenters. The van der Waals surface area contributed by atoms with E-state index in [2.05, 4.69) is 31.5 Å². The number of carbonyl (C=O) groups excluding carboxylic acids is 2. The average molecular weight is 402 g/mol. The molecule has 0 saturated heterocycles. The standard InChI is InChI=1S/C17H12BrN3O2S/c18-14-7-2-1-6-13(14)16(23)20-12-5-3-4-11(10-12)15(22)21-17-19-8-9-24-17/h1-10H,(H,20,23)(H,19,21,22). The van der Waals surface area contributed by atoms with Crippen LogP contribution in [0.4, 0.5) is 10.8 Å². The fraction of sp³-hybridized carbons (Fsp3) is 0. The van der Waals surface area contributed by atoms with Crippen molar-refractivity contribution in [3.05, 3.63) is 75.7 Å². The van der Waals surface area contributed by atoms with Crippen molar-refractivity contribution in [1.82, 2.24) is 4.98 Å². The molecule has 0 unspecified atom stereocenters. The van der Waals surface area contributed by atoms with E-state index in [0.717, 1.165) is 0 Å². The summed E-state index contributed by atoms with van der Waals surface area (Å²) in [6.45, 7) is 0. The van der Waals surface area contributed by atoms with Gasteiger partial charge in [0.2, 0.25) is 0 Å². The largest absolute Gasteiger partial charge is 0.322 e. The summed E-state index contributed by atoms with van der Waals surface area (Å²) in [7, 11) is 0. The highest BCUT2D eigenvalue weighted by molar-refractivity contribution is 9.10. The van der Waals surface area contributed by atoms with Gasteiger partial charge in [-0.05, 0) is 46.3 Å². The van der Waals surface area contributed by atoms with Crippen molar-refractivity contribution in [2.24, 2.45) is 0 Å². The number of anilines is 2. The number of carbonyl (C=O) groups is 2. The van der Waals surface area contributed by atoms with Crippen LogP contribution in [0.5, 0.6) is 0 Å². The first-order valence-corrected chi connectivity index (χ1v) is 8.67. The van der Waals surface area contributed by atoms with Crippen molar-refractivity contribution in [3.8, 4) is 0 Å². The van der Waals surface area contributed by atoms with Crippen LogP contribution in [0.1, 0.15) is 20.7 Å². The van der Waals surface area contributed by atoms with Crippen molar-refractivity contribution in [1.29, 1.82) is 0 Å². The summed E-state index contributed by atoms with van der Waals surface area (Å²) in [5, 5.41) is 7.81. The molecular formula is C17H12BrN3O2S. The summed E-state index contributed by atoms with van der Waals surface area (Å²) in [5.41, 5.74) is 1.51. The molecule has 7 heteroatoms. The van der Waals surface area contributed by atoms with Crippen LogP contribution in [0.15, 0.2) is 64.6 Å². The zero-order chi connectivity index (χ0) is 16.9. The predicted octanol–water partition coefficient (Wildman–Crippen LogP) is 4.41. The Morgan fingerprint density at radius 1 is 1.00 bits per heavy atom. The lowest BCUT2D eigenvalue weighted by Crippen LogP contribution is -2.15. The van der Waals surface area contributed by atoms with Crippen molar-refractivity contribution in [3.63, 3.8) is 0 Å². The predicted molar refractivity (Wildman–Crippen MR) is 98.6 cm³/mol. The minimum absolute atomic E-state index is 0.250. The third-order valence-electron chi connectivity index (χ3n) is 3.15. The Balaban J connectivity index is 1.74. The second-order valence-electron chi connectivity index (χ2n) is 4.81. The van der Waals surface area contributed by atoms with Crippen LogP contribution in [0.2, 0.25) is 0 Å². The van der Waals surface area contributed by atoms with E-state index in [0.29, 0.717) is 26.4 Å². The molecule has 0 aliphatic carbocycles. The molecule has 2 N–H and O–H groups in total. The second-order valence-corrected chi connectivity index (χ2v) is 6.56. The van der Waals surface area contributed by atoms with Crippen molar-refractivity contribution < 1.29 is 9.59 Å². The normalized spacial score (nSPS) is 10.2. The number of thiazole rings is 1. The Hall–Kier alpha value is -2.51. The van der Waals surface area contributed by atoms with Gasteiger partial charge in [0, 0.05) is 27.3 Å². The summed E-state index contributed by atoms with van der Waals surface area (Å²) in [6, 6.07) is 13.9. The molecule has 1 aromatic heterocycles. The molecule has 120 valence electrons. The number of nitrogens with zero attached hydrogens (tertiary/aromatic N) is 1. The monoisotopic (exact) mass is 401 g/mol. The van der Waals surface area contributed by atoms with Gasteiger partial charge in [-0.3, -0.25) is 14.9 Å². The quantitative estimate of drug-likeness (QED) is 0.679. The first kappa shape index (κ1) is 16.4.